The Morgan fingerprint density at radius 3 is 2.73 bits per heavy atom. The highest BCUT2D eigenvalue weighted by molar-refractivity contribution is 7.92. The normalized spacial score (nSPS) is 12.8. The largest absolute Gasteiger partial charge is 0.496 e. The molecule has 2 aromatic carbocycles. The molecule has 1 aliphatic heterocycles. The summed E-state index contributed by atoms with van der Waals surface area (Å²) in [7, 11) is -2.54. The minimum absolute atomic E-state index is 0.0666. The van der Waals surface area contributed by atoms with Crippen LogP contribution < -0.4 is 14.4 Å². The number of rotatable bonds is 8. The molecule has 0 bridgehead atoms. The van der Waals surface area contributed by atoms with E-state index < -0.39 is 28.5 Å². The molecule has 1 heterocycles. The van der Waals surface area contributed by atoms with E-state index in [1.54, 1.807) is 12.1 Å². The predicted octanol–water partition coefficient (Wildman–Crippen LogP) is 1.91. The van der Waals surface area contributed by atoms with Gasteiger partial charge in [0.1, 0.15) is 11.3 Å². The topological polar surface area (TPSA) is 102 Å². The number of benzene rings is 2. The average Bonchev–Trinajstić information content (AvgIpc) is 3.20. The standard InChI is InChI=1S/C21H22N2O6S/c1-3-11-22-20(24)14-29-21(25)17-13-16(8-9-19(17)28-2)30(26,27)23-12-10-15-6-4-5-7-18(15)23/h3-9,13H,1,10-12,14H2,2H3,(H,22,24). The van der Waals surface area contributed by atoms with Crippen LogP contribution in [0, 0.1) is 0 Å². The predicted molar refractivity (Wildman–Crippen MR) is 111 cm³/mol. The first-order valence-corrected chi connectivity index (χ1v) is 10.7. The van der Waals surface area contributed by atoms with Gasteiger partial charge in [-0.25, -0.2) is 13.2 Å². The molecule has 0 saturated carbocycles. The molecule has 0 aliphatic carbocycles. The summed E-state index contributed by atoms with van der Waals surface area (Å²) in [5, 5.41) is 2.48. The van der Waals surface area contributed by atoms with E-state index in [0.29, 0.717) is 18.7 Å². The van der Waals surface area contributed by atoms with Crippen molar-refractivity contribution in [2.24, 2.45) is 0 Å². The highest BCUT2D eigenvalue weighted by Gasteiger charge is 2.31. The second kappa shape index (κ2) is 9.00. The summed E-state index contributed by atoms with van der Waals surface area (Å²) < 4.78 is 37.9. The van der Waals surface area contributed by atoms with Crippen molar-refractivity contribution in [1.29, 1.82) is 0 Å². The number of methoxy groups -OCH3 is 1. The first kappa shape index (κ1) is 21.4. The fraction of sp³-hybridized carbons (Fsp3) is 0.238. The number of nitrogens with one attached hydrogen (secondary N) is 1. The van der Waals surface area contributed by atoms with Gasteiger partial charge in [-0.3, -0.25) is 9.10 Å². The number of hydrogen-bond acceptors (Lipinski definition) is 6. The van der Waals surface area contributed by atoms with Crippen LogP contribution in [0.2, 0.25) is 0 Å². The zero-order valence-corrected chi connectivity index (χ0v) is 17.3. The van der Waals surface area contributed by atoms with E-state index in [0.717, 1.165) is 5.56 Å². The number of sulfonamides is 1. The molecule has 9 heteroatoms. The number of carbonyl (C=O) groups excluding carboxylic acids is 2. The van der Waals surface area contributed by atoms with Crippen LogP contribution in [0.4, 0.5) is 5.69 Å². The van der Waals surface area contributed by atoms with E-state index in [9.17, 15) is 18.0 Å². The molecular formula is C21H22N2O6S. The third kappa shape index (κ3) is 4.30. The number of anilines is 1. The Hall–Kier alpha value is -3.33. The van der Waals surface area contributed by atoms with Crippen molar-refractivity contribution in [2.45, 2.75) is 11.3 Å². The lowest BCUT2D eigenvalue weighted by molar-refractivity contribution is -0.124. The highest BCUT2D eigenvalue weighted by atomic mass is 32.2. The second-order valence-electron chi connectivity index (χ2n) is 6.49. The van der Waals surface area contributed by atoms with Gasteiger partial charge >= 0.3 is 5.97 Å². The molecule has 0 fully saturated rings. The van der Waals surface area contributed by atoms with Crippen molar-refractivity contribution in [1.82, 2.24) is 5.32 Å². The van der Waals surface area contributed by atoms with E-state index in [1.165, 1.54) is 35.7 Å². The van der Waals surface area contributed by atoms with Crippen molar-refractivity contribution in [2.75, 3.05) is 31.1 Å². The Morgan fingerprint density at radius 1 is 1.23 bits per heavy atom. The zero-order chi connectivity index (χ0) is 21.7. The van der Waals surface area contributed by atoms with Gasteiger partial charge in [-0.05, 0) is 36.2 Å². The van der Waals surface area contributed by atoms with Crippen LogP contribution in [0.3, 0.4) is 0 Å². The summed E-state index contributed by atoms with van der Waals surface area (Å²) in [5.74, 6) is -1.22. The van der Waals surface area contributed by atoms with Gasteiger partial charge in [0.25, 0.3) is 15.9 Å². The minimum Gasteiger partial charge on any atom is -0.496 e. The molecule has 0 spiro atoms. The summed E-state index contributed by atoms with van der Waals surface area (Å²) >= 11 is 0. The maximum Gasteiger partial charge on any atom is 0.342 e. The first-order valence-electron chi connectivity index (χ1n) is 9.22. The first-order chi connectivity index (χ1) is 14.4. The van der Waals surface area contributed by atoms with Gasteiger partial charge < -0.3 is 14.8 Å². The highest BCUT2D eigenvalue weighted by Crippen LogP contribution is 2.34. The van der Waals surface area contributed by atoms with Crippen LogP contribution in [-0.4, -0.2) is 47.1 Å². The summed E-state index contributed by atoms with van der Waals surface area (Å²) in [6.07, 6.45) is 2.11. The van der Waals surface area contributed by atoms with Crippen LogP contribution in [0.25, 0.3) is 0 Å². The molecule has 0 aromatic heterocycles. The number of amides is 1. The van der Waals surface area contributed by atoms with Crippen molar-refractivity contribution >= 4 is 27.6 Å². The van der Waals surface area contributed by atoms with Gasteiger partial charge in [0, 0.05) is 13.1 Å². The van der Waals surface area contributed by atoms with Crippen molar-refractivity contribution in [3.63, 3.8) is 0 Å². The quantitative estimate of drug-likeness (QED) is 0.507. The molecule has 30 heavy (non-hydrogen) atoms. The third-order valence-electron chi connectivity index (χ3n) is 4.60. The number of nitrogens with zero attached hydrogens (tertiary/aromatic N) is 1. The fourth-order valence-electron chi connectivity index (χ4n) is 3.14. The van der Waals surface area contributed by atoms with Crippen LogP contribution >= 0.6 is 0 Å². The Morgan fingerprint density at radius 2 is 2.00 bits per heavy atom. The summed E-state index contributed by atoms with van der Waals surface area (Å²) in [6.45, 7) is 3.53. The number of hydrogen-bond donors (Lipinski definition) is 1. The van der Waals surface area contributed by atoms with E-state index in [1.807, 2.05) is 12.1 Å². The van der Waals surface area contributed by atoms with Gasteiger partial charge in [0.05, 0.1) is 17.7 Å². The Kier molecular flexibility index (Phi) is 6.41. The van der Waals surface area contributed by atoms with Gasteiger partial charge in [-0.15, -0.1) is 6.58 Å². The molecule has 3 rings (SSSR count). The third-order valence-corrected chi connectivity index (χ3v) is 6.41. The molecular weight excluding hydrogens is 408 g/mol. The second-order valence-corrected chi connectivity index (χ2v) is 8.35. The van der Waals surface area contributed by atoms with E-state index in [4.69, 9.17) is 9.47 Å². The van der Waals surface area contributed by atoms with Crippen LogP contribution in [0.5, 0.6) is 5.75 Å². The molecule has 1 N–H and O–H groups in total. The molecule has 2 aromatic rings. The average molecular weight is 430 g/mol. The Labute approximate surface area is 175 Å². The minimum atomic E-state index is -3.90. The van der Waals surface area contributed by atoms with Crippen LogP contribution in [-0.2, 0) is 26.0 Å². The van der Waals surface area contributed by atoms with Gasteiger partial charge in [0.2, 0.25) is 0 Å². The lowest BCUT2D eigenvalue weighted by Crippen LogP contribution is -2.30. The Bertz CT molecular complexity index is 1080. The van der Waals surface area contributed by atoms with Crippen LogP contribution in [0.15, 0.2) is 60.0 Å². The number of ether oxygens (including phenoxy) is 2. The van der Waals surface area contributed by atoms with Gasteiger partial charge in [0.15, 0.2) is 6.61 Å². The summed E-state index contributed by atoms with van der Waals surface area (Å²) in [4.78, 5) is 24.1. The van der Waals surface area contributed by atoms with Crippen molar-refractivity contribution in [3.05, 3.63) is 66.2 Å². The maximum atomic E-state index is 13.2. The molecule has 8 nitrogen and oxygen atoms in total. The van der Waals surface area contributed by atoms with E-state index in [-0.39, 0.29) is 22.8 Å². The van der Waals surface area contributed by atoms with Crippen LogP contribution in [0.1, 0.15) is 15.9 Å². The molecule has 1 amide bonds. The molecule has 1 aliphatic rings. The smallest absolute Gasteiger partial charge is 0.342 e. The Balaban J connectivity index is 1.86. The number of para-hydroxylation sites is 1. The van der Waals surface area contributed by atoms with E-state index in [2.05, 4.69) is 11.9 Å². The molecule has 0 radical (unpaired) electrons. The molecule has 0 saturated heterocycles. The fourth-order valence-corrected chi connectivity index (χ4v) is 4.67. The zero-order valence-electron chi connectivity index (χ0n) is 16.5. The van der Waals surface area contributed by atoms with Crippen molar-refractivity contribution < 1.29 is 27.5 Å². The molecule has 158 valence electrons. The maximum absolute atomic E-state index is 13.2. The molecule has 0 unspecified atom stereocenters. The number of carbonyl (C=O) groups is 2. The van der Waals surface area contributed by atoms with Gasteiger partial charge in [-0.2, -0.15) is 0 Å². The monoisotopic (exact) mass is 430 g/mol. The number of fused-ring (bicyclic) bond motifs is 1. The summed E-state index contributed by atoms with van der Waals surface area (Å²) in [5.41, 5.74) is 1.48. The SMILES string of the molecule is C=CCNC(=O)COC(=O)c1cc(S(=O)(=O)N2CCc3ccccc32)ccc1OC. The molecule has 0 atom stereocenters. The number of esters is 1. The lowest BCUT2D eigenvalue weighted by atomic mass is 10.2. The van der Waals surface area contributed by atoms with Gasteiger partial charge in [-0.1, -0.05) is 24.3 Å². The van der Waals surface area contributed by atoms with E-state index >= 15 is 0 Å². The van der Waals surface area contributed by atoms with Crippen molar-refractivity contribution in [3.8, 4) is 5.75 Å². The summed E-state index contributed by atoms with van der Waals surface area (Å²) in [6, 6.07) is 11.3. The lowest BCUT2D eigenvalue weighted by Gasteiger charge is -2.20.